The van der Waals surface area contributed by atoms with Crippen LogP contribution in [-0.4, -0.2) is 55.1 Å². The molecule has 2 aliphatic rings. The highest BCUT2D eigenvalue weighted by molar-refractivity contribution is 7.98. The van der Waals surface area contributed by atoms with Gasteiger partial charge in [-0.05, 0) is 67.7 Å². The van der Waals surface area contributed by atoms with E-state index in [-0.39, 0.29) is 11.4 Å². The van der Waals surface area contributed by atoms with Gasteiger partial charge in [0.15, 0.2) is 0 Å². The molecule has 1 aliphatic heterocycles. The fourth-order valence-electron chi connectivity index (χ4n) is 4.61. The summed E-state index contributed by atoms with van der Waals surface area (Å²) in [5, 5.41) is 1.10. The number of benzene rings is 1. The Morgan fingerprint density at radius 3 is 2.50 bits per heavy atom. The Hall–Kier alpha value is -3.23. The molecule has 0 unspecified atom stereocenters. The van der Waals surface area contributed by atoms with Crippen LogP contribution in [0.15, 0.2) is 60.0 Å². The summed E-state index contributed by atoms with van der Waals surface area (Å²) >= 11 is 1.68. The SMILES string of the molecule is CSc1cn(-c2ncc(-c3cc(C4CC4)ccn3)cn2)c2cc(C(=O)N3CCCC3)ccc12.O. The van der Waals surface area contributed by atoms with Crippen molar-refractivity contribution >= 4 is 28.6 Å². The molecule has 2 fully saturated rings. The van der Waals surface area contributed by atoms with E-state index in [1.54, 1.807) is 11.8 Å². The molecule has 3 aromatic heterocycles. The molecule has 1 amide bonds. The number of amides is 1. The summed E-state index contributed by atoms with van der Waals surface area (Å²) in [4.78, 5) is 29.9. The van der Waals surface area contributed by atoms with Crippen molar-refractivity contribution < 1.29 is 10.3 Å². The van der Waals surface area contributed by atoms with E-state index in [4.69, 9.17) is 0 Å². The minimum atomic E-state index is 0. The highest BCUT2D eigenvalue weighted by atomic mass is 32.2. The van der Waals surface area contributed by atoms with Crippen molar-refractivity contribution in [3.8, 4) is 17.2 Å². The lowest BCUT2D eigenvalue weighted by Gasteiger charge is -2.15. The summed E-state index contributed by atoms with van der Waals surface area (Å²) in [5.74, 6) is 1.37. The van der Waals surface area contributed by atoms with E-state index < -0.39 is 0 Å². The first kappa shape index (κ1) is 22.6. The van der Waals surface area contributed by atoms with Gasteiger partial charge in [0, 0.05) is 59.3 Å². The van der Waals surface area contributed by atoms with Crippen LogP contribution < -0.4 is 0 Å². The lowest BCUT2D eigenvalue weighted by atomic mass is 10.1. The molecule has 0 radical (unpaired) electrons. The maximum Gasteiger partial charge on any atom is 0.253 e. The maximum atomic E-state index is 13.0. The van der Waals surface area contributed by atoms with Gasteiger partial charge in [0.05, 0.1) is 11.2 Å². The van der Waals surface area contributed by atoms with Crippen LogP contribution in [0.25, 0.3) is 28.1 Å². The molecule has 0 spiro atoms. The van der Waals surface area contributed by atoms with Gasteiger partial charge in [-0.3, -0.25) is 14.3 Å². The maximum absolute atomic E-state index is 13.0. The van der Waals surface area contributed by atoms with Crippen molar-refractivity contribution in [2.24, 2.45) is 0 Å². The Labute approximate surface area is 202 Å². The van der Waals surface area contributed by atoms with Gasteiger partial charge >= 0.3 is 0 Å². The van der Waals surface area contributed by atoms with Crippen LogP contribution in [-0.2, 0) is 0 Å². The molecule has 34 heavy (non-hydrogen) atoms. The summed E-state index contributed by atoms with van der Waals surface area (Å²) in [6, 6.07) is 10.2. The number of likely N-dealkylation sites (tertiary alicyclic amines) is 1. The quantitative estimate of drug-likeness (QED) is 0.398. The number of hydrogen-bond donors (Lipinski definition) is 0. The fourth-order valence-corrected chi connectivity index (χ4v) is 5.22. The van der Waals surface area contributed by atoms with Gasteiger partial charge in [-0.15, -0.1) is 11.8 Å². The van der Waals surface area contributed by atoms with Crippen molar-refractivity contribution in [1.82, 2.24) is 24.4 Å². The van der Waals surface area contributed by atoms with Crippen LogP contribution in [0.4, 0.5) is 0 Å². The molecule has 1 aliphatic carbocycles. The van der Waals surface area contributed by atoms with E-state index in [2.05, 4.69) is 39.5 Å². The Morgan fingerprint density at radius 2 is 1.79 bits per heavy atom. The molecule has 1 saturated heterocycles. The molecule has 1 aromatic carbocycles. The van der Waals surface area contributed by atoms with E-state index >= 15 is 0 Å². The van der Waals surface area contributed by atoms with Crippen LogP contribution in [0, 0.1) is 0 Å². The number of aromatic nitrogens is 4. The van der Waals surface area contributed by atoms with Gasteiger partial charge < -0.3 is 10.4 Å². The largest absolute Gasteiger partial charge is 0.412 e. The second-order valence-corrected chi connectivity index (χ2v) is 9.67. The summed E-state index contributed by atoms with van der Waals surface area (Å²) in [5.41, 5.74) is 4.83. The van der Waals surface area contributed by atoms with E-state index in [0.29, 0.717) is 17.4 Å². The molecule has 1 saturated carbocycles. The lowest BCUT2D eigenvalue weighted by molar-refractivity contribution is 0.0793. The Kier molecular flexibility index (Phi) is 6.10. The first-order valence-corrected chi connectivity index (χ1v) is 12.7. The standard InChI is InChI=1S/C26H25N5OS.H2O/c1-33-24-16-31(23-13-19(6-7-21(23)24)25(32)30-10-2-3-11-30)26-28-14-20(15-29-26)22-12-18(8-9-27-22)17-4-5-17;/h6-9,12-17H,2-5,10-11H2,1H3;1H2. The smallest absolute Gasteiger partial charge is 0.253 e. The molecule has 6 rings (SSSR count). The van der Waals surface area contributed by atoms with Crippen LogP contribution in [0.1, 0.15) is 47.5 Å². The van der Waals surface area contributed by atoms with Gasteiger partial charge in [-0.25, -0.2) is 9.97 Å². The van der Waals surface area contributed by atoms with Crippen molar-refractivity contribution in [2.75, 3.05) is 19.3 Å². The zero-order valence-electron chi connectivity index (χ0n) is 19.1. The Balaban J connectivity index is 0.00000241. The van der Waals surface area contributed by atoms with Gasteiger partial charge in [0.25, 0.3) is 5.91 Å². The van der Waals surface area contributed by atoms with Gasteiger partial charge in [0.2, 0.25) is 5.95 Å². The first-order chi connectivity index (χ1) is 16.2. The third-order valence-corrected chi connectivity index (χ3v) is 7.38. The fraction of sp³-hybridized carbons (Fsp3) is 0.308. The predicted octanol–water partition coefficient (Wildman–Crippen LogP) is 4.49. The van der Waals surface area contributed by atoms with Crippen molar-refractivity contribution in [1.29, 1.82) is 0 Å². The van der Waals surface area contributed by atoms with Crippen LogP contribution in [0.3, 0.4) is 0 Å². The molecule has 0 bridgehead atoms. The van der Waals surface area contributed by atoms with Crippen molar-refractivity contribution in [3.63, 3.8) is 0 Å². The summed E-state index contributed by atoms with van der Waals surface area (Å²) < 4.78 is 1.99. The minimum Gasteiger partial charge on any atom is -0.412 e. The average Bonchev–Trinajstić information content (AvgIpc) is 3.45. The van der Waals surface area contributed by atoms with E-state index in [9.17, 15) is 4.79 Å². The molecule has 8 heteroatoms. The van der Waals surface area contributed by atoms with Crippen LogP contribution in [0.2, 0.25) is 0 Å². The van der Waals surface area contributed by atoms with Crippen molar-refractivity contribution in [2.45, 2.75) is 36.5 Å². The first-order valence-electron chi connectivity index (χ1n) is 11.5. The number of carbonyl (C=O) groups is 1. The summed E-state index contributed by atoms with van der Waals surface area (Å²) in [6.45, 7) is 1.68. The monoisotopic (exact) mass is 473 g/mol. The third kappa shape index (κ3) is 4.08. The summed E-state index contributed by atoms with van der Waals surface area (Å²) in [6.07, 6.45) is 14.4. The molecule has 2 N–H and O–H groups in total. The molecular formula is C26H27N5O2S. The van der Waals surface area contributed by atoms with Crippen molar-refractivity contribution in [3.05, 3.63) is 66.2 Å². The Bertz CT molecular complexity index is 1340. The predicted molar refractivity (Wildman–Crippen MR) is 135 cm³/mol. The topological polar surface area (TPSA) is 95.4 Å². The van der Waals surface area contributed by atoms with Gasteiger partial charge in [-0.1, -0.05) is 6.07 Å². The molecular weight excluding hydrogens is 446 g/mol. The zero-order chi connectivity index (χ0) is 22.4. The number of rotatable bonds is 5. The average molecular weight is 474 g/mol. The molecule has 174 valence electrons. The van der Waals surface area contributed by atoms with E-state index in [1.165, 1.54) is 18.4 Å². The highest BCUT2D eigenvalue weighted by Crippen LogP contribution is 2.40. The molecule has 0 atom stereocenters. The number of thioether (sulfide) groups is 1. The highest BCUT2D eigenvalue weighted by Gasteiger charge is 2.24. The lowest BCUT2D eigenvalue weighted by Crippen LogP contribution is -2.27. The number of hydrogen-bond acceptors (Lipinski definition) is 5. The van der Waals surface area contributed by atoms with E-state index in [0.717, 1.165) is 53.0 Å². The molecule has 4 aromatic rings. The van der Waals surface area contributed by atoms with Crippen LogP contribution >= 0.6 is 11.8 Å². The number of pyridine rings is 1. The van der Waals surface area contributed by atoms with Gasteiger partial charge in [0.1, 0.15) is 0 Å². The number of carbonyl (C=O) groups excluding carboxylic acids is 1. The van der Waals surface area contributed by atoms with E-state index in [1.807, 2.05) is 46.3 Å². The summed E-state index contributed by atoms with van der Waals surface area (Å²) in [7, 11) is 0. The van der Waals surface area contributed by atoms with Crippen LogP contribution in [0.5, 0.6) is 0 Å². The normalized spacial score (nSPS) is 15.5. The molecule has 7 nitrogen and oxygen atoms in total. The molecule has 4 heterocycles. The third-order valence-electron chi connectivity index (χ3n) is 6.61. The second-order valence-electron chi connectivity index (χ2n) is 8.82. The second kappa shape index (κ2) is 9.19. The number of fused-ring (bicyclic) bond motifs is 1. The minimum absolute atomic E-state index is 0. The Morgan fingerprint density at radius 1 is 1.03 bits per heavy atom. The number of nitrogens with zero attached hydrogens (tertiary/aromatic N) is 5. The zero-order valence-corrected chi connectivity index (χ0v) is 19.9. The van der Waals surface area contributed by atoms with Gasteiger partial charge in [-0.2, -0.15) is 0 Å².